The first-order chi connectivity index (χ1) is 11.2. The van der Waals surface area contributed by atoms with Crippen molar-refractivity contribution in [2.24, 2.45) is 0 Å². The first kappa shape index (κ1) is 15.9. The fraction of sp³-hybridized carbons (Fsp3) is 0.438. The Kier molecular flexibility index (Phi) is 4.88. The second-order valence-corrected chi connectivity index (χ2v) is 6.88. The lowest BCUT2D eigenvalue weighted by Crippen LogP contribution is -2.52. The third kappa shape index (κ3) is 3.86. The Morgan fingerprint density at radius 2 is 1.96 bits per heavy atom. The van der Waals surface area contributed by atoms with Gasteiger partial charge in [0.15, 0.2) is 0 Å². The van der Waals surface area contributed by atoms with Crippen molar-refractivity contribution < 1.29 is 9.90 Å². The molecule has 0 atom stereocenters. The van der Waals surface area contributed by atoms with Gasteiger partial charge in [0.05, 0.1) is 18.7 Å². The average molecular weight is 332 g/mol. The van der Waals surface area contributed by atoms with Crippen molar-refractivity contribution in [1.29, 1.82) is 0 Å². The van der Waals surface area contributed by atoms with Crippen molar-refractivity contribution in [3.8, 4) is 10.6 Å². The monoisotopic (exact) mass is 332 g/mol. The standard InChI is InChI=1S/C16H20N4O2S/c21-11-16(8-4-5-9-16)18-15(22)17-10-13-19-20-14(23-13)12-6-2-1-3-7-12/h1-3,6-7,21H,4-5,8-11H2,(H2,17,18,22). The third-order valence-electron chi connectivity index (χ3n) is 4.13. The molecule has 0 spiro atoms. The first-order valence-corrected chi connectivity index (χ1v) is 8.57. The van der Waals surface area contributed by atoms with Crippen LogP contribution in [-0.2, 0) is 6.54 Å². The van der Waals surface area contributed by atoms with E-state index >= 15 is 0 Å². The van der Waals surface area contributed by atoms with Gasteiger partial charge < -0.3 is 15.7 Å². The van der Waals surface area contributed by atoms with Gasteiger partial charge in [0.1, 0.15) is 10.0 Å². The fourth-order valence-corrected chi connectivity index (χ4v) is 3.62. The predicted octanol–water partition coefficient (Wildman–Crippen LogP) is 2.31. The van der Waals surface area contributed by atoms with Crippen LogP contribution >= 0.6 is 11.3 Å². The lowest BCUT2D eigenvalue weighted by Gasteiger charge is -2.27. The quantitative estimate of drug-likeness (QED) is 0.784. The number of rotatable bonds is 5. The molecule has 0 bridgehead atoms. The molecule has 122 valence electrons. The number of aliphatic hydroxyl groups is 1. The Hall–Kier alpha value is -1.99. The molecule has 2 aromatic rings. The Bertz CT molecular complexity index is 653. The van der Waals surface area contributed by atoms with Gasteiger partial charge in [-0.3, -0.25) is 0 Å². The van der Waals surface area contributed by atoms with Gasteiger partial charge in [-0.15, -0.1) is 10.2 Å². The highest BCUT2D eigenvalue weighted by atomic mass is 32.1. The molecule has 7 heteroatoms. The van der Waals surface area contributed by atoms with Gasteiger partial charge in [0, 0.05) is 5.56 Å². The van der Waals surface area contributed by atoms with E-state index < -0.39 is 5.54 Å². The van der Waals surface area contributed by atoms with Crippen LogP contribution in [0.15, 0.2) is 30.3 Å². The molecule has 1 aromatic carbocycles. The molecule has 1 aliphatic rings. The maximum absolute atomic E-state index is 12.0. The van der Waals surface area contributed by atoms with E-state index in [1.807, 2.05) is 30.3 Å². The number of aromatic nitrogens is 2. The number of nitrogens with zero attached hydrogens (tertiary/aromatic N) is 2. The summed E-state index contributed by atoms with van der Waals surface area (Å²) in [6.07, 6.45) is 3.73. The molecule has 1 heterocycles. The Morgan fingerprint density at radius 1 is 1.22 bits per heavy atom. The van der Waals surface area contributed by atoms with Crippen LogP contribution in [0.2, 0.25) is 0 Å². The second-order valence-electron chi connectivity index (χ2n) is 5.82. The lowest BCUT2D eigenvalue weighted by molar-refractivity contribution is 0.162. The van der Waals surface area contributed by atoms with Gasteiger partial charge in [0.2, 0.25) is 0 Å². The number of benzene rings is 1. The van der Waals surface area contributed by atoms with Crippen LogP contribution in [0.3, 0.4) is 0 Å². The van der Waals surface area contributed by atoms with E-state index in [0.29, 0.717) is 6.54 Å². The summed E-state index contributed by atoms with van der Waals surface area (Å²) in [5.74, 6) is 0. The highest BCUT2D eigenvalue weighted by molar-refractivity contribution is 7.14. The number of urea groups is 1. The molecular weight excluding hydrogens is 312 g/mol. The lowest BCUT2D eigenvalue weighted by atomic mass is 9.99. The minimum Gasteiger partial charge on any atom is -0.394 e. The fourth-order valence-electron chi connectivity index (χ4n) is 2.84. The molecule has 1 aromatic heterocycles. The van der Waals surface area contributed by atoms with Crippen molar-refractivity contribution in [1.82, 2.24) is 20.8 Å². The molecule has 0 unspecified atom stereocenters. The van der Waals surface area contributed by atoms with Crippen LogP contribution in [0.1, 0.15) is 30.7 Å². The smallest absolute Gasteiger partial charge is 0.315 e. The summed E-state index contributed by atoms with van der Waals surface area (Å²) in [5.41, 5.74) is 0.561. The molecule has 23 heavy (non-hydrogen) atoms. The topological polar surface area (TPSA) is 87.1 Å². The van der Waals surface area contributed by atoms with E-state index in [2.05, 4.69) is 20.8 Å². The van der Waals surface area contributed by atoms with Gasteiger partial charge in [-0.1, -0.05) is 54.5 Å². The highest BCUT2D eigenvalue weighted by Gasteiger charge is 2.34. The molecule has 0 radical (unpaired) electrons. The number of carbonyl (C=O) groups is 1. The van der Waals surface area contributed by atoms with Gasteiger partial charge >= 0.3 is 6.03 Å². The van der Waals surface area contributed by atoms with Crippen molar-refractivity contribution in [3.05, 3.63) is 35.3 Å². The molecule has 1 saturated carbocycles. The van der Waals surface area contributed by atoms with Gasteiger partial charge in [0.25, 0.3) is 0 Å². The van der Waals surface area contributed by atoms with Crippen LogP contribution in [0.25, 0.3) is 10.6 Å². The Morgan fingerprint density at radius 3 is 2.65 bits per heavy atom. The Balaban J connectivity index is 1.54. The largest absolute Gasteiger partial charge is 0.394 e. The van der Waals surface area contributed by atoms with E-state index in [0.717, 1.165) is 41.3 Å². The van der Waals surface area contributed by atoms with E-state index in [-0.39, 0.29) is 12.6 Å². The number of amides is 2. The zero-order chi connectivity index (χ0) is 16.1. The maximum Gasteiger partial charge on any atom is 0.315 e. The predicted molar refractivity (Wildman–Crippen MR) is 89.0 cm³/mol. The summed E-state index contributed by atoms with van der Waals surface area (Å²) < 4.78 is 0. The summed E-state index contributed by atoms with van der Waals surface area (Å²) in [4.78, 5) is 12.0. The zero-order valence-corrected chi connectivity index (χ0v) is 13.6. The number of carbonyl (C=O) groups excluding carboxylic acids is 1. The molecule has 1 fully saturated rings. The zero-order valence-electron chi connectivity index (χ0n) is 12.8. The van der Waals surface area contributed by atoms with Gasteiger partial charge in [-0.05, 0) is 12.8 Å². The summed E-state index contributed by atoms with van der Waals surface area (Å²) in [6.45, 7) is 0.315. The highest BCUT2D eigenvalue weighted by Crippen LogP contribution is 2.29. The minimum atomic E-state index is -0.458. The summed E-state index contributed by atoms with van der Waals surface area (Å²) >= 11 is 1.46. The molecule has 0 aliphatic heterocycles. The molecule has 0 saturated heterocycles. The third-order valence-corrected chi connectivity index (χ3v) is 5.10. The number of hydrogen-bond acceptors (Lipinski definition) is 5. The van der Waals surface area contributed by atoms with Crippen LogP contribution in [-0.4, -0.2) is 33.5 Å². The SMILES string of the molecule is O=C(NCc1nnc(-c2ccccc2)s1)NC1(CO)CCCC1. The van der Waals surface area contributed by atoms with E-state index in [9.17, 15) is 9.90 Å². The van der Waals surface area contributed by atoms with E-state index in [1.54, 1.807) is 0 Å². The van der Waals surface area contributed by atoms with Crippen LogP contribution in [0.5, 0.6) is 0 Å². The second kappa shape index (κ2) is 7.06. The molecule has 1 aliphatic carbocycles. The normalized spacial score (nSPS) is 16.2. The van der Waals surface area contributed by atoms with Crippen molar-refractivity contribution in [3.63, 3.8) is 0 Å². The van der Waals surface area contributed by atoms with Crippen molar-refractivity contribution in [2.75, 3.05) is 6.61 Å². The molecule has 6 nitrogen and oxygen atoms in total. The molecule has 3 rings (SSSR count). The van der Waals surface area contributed by atoms with E-state index in [4.69, 9.17) is 0 Å². The summed E-state index contributed by atoms with van der Waals surface area (Å²) in [7, 11) is 0. The maximum atomic E-state index is 12.0. The average Bonchev–Trinajstić information content (AvgIpc) is 3.24. The molecule has 2 amide bonds. The number of hydrogen-bond donors (Lipinski definition) is 3. The van der Waals surface area contributed by atoms with Crippen molar-refractivity contribution >= 4 is 17.4 Å². The van der Waals surface area contributed by atoms with Gasteiger partial charge in [-0.2, -0.15) is 0 Å². The van der Waals surface area contributed by atoms with Crippen LogP contribution in [0, 0.1) is 0 Å². The summed E-state index contributed by atoms with van der Waals surface area (Å²) in [6, 6.07) is 9.57. The summed E-state index contributed by atoms with van der Waals surface area (Å²) in [5, 5.41) is 25.1. The molecular formula is C16H20N4O2S. The molecule has 3 N–H and O–H groups in total. The van der Waals surface area contributed by atoms with E-state index in [1.165, 1.54) is 11.3 Å². The minimum absolute atomic E-state index is 0.0165. The van der Waals surface area contributed by atoms with Gasteiger partial charge in [-0.25, -0.2) is 4.79 Å². The van der Waals surface area contributed by atoms with Crippen LogP contribution < -0.4 is 10.6 Å². The first-order valence-electron chi connectivity index (χ1n) is 7.75. The Labute approximate surface area is 139 Å². The van der Waals surface area contributed by atoms with Crippen molar-refractivity contribution in [2.45, 2.75) is 37.8 Å². The number of aliphatic hydroxyl groups excluding tert-OH is 1. The van der Waals surface area contributed by atoms with Crippen LogP contribution in [0.4, 0.5) is 4.79 Å². The number of nitrogens with one attached hydrogen (secondary N) is 2.